The Hall–Kier alpha value is -0.453. The Morgan fingerprint density at radius 2 is 2.42 bits per heavy atom. The molecule has 0 saturated carbocycles. The fourth-order valence-electron chi connectivity index (χ4n) is 1.44. The number of ketones is 1. The maximum Gasteiger partial charge on any atom is 0.199 e. The minimum atomic E-state index is -1.44. The van der Waals surface area contributed by atoms with E-state index in [-0.39, 0.29) is 5.78 Å². The van der Waals surface area contributed by atoms with Crippen LogP contribution in [0.4, 0.5) is 0 Å². The van der Waals surface area contributed by atoms with Crippen molar-refractivity contribution in [1.29, 1.82) is 0 Å². The molecule has 0 aromatic rings. The van der Waals surface area contributed by atoms with Gasteiger partial charge in [-0.3, -0.25) is 4.79 Å². The molecule has 1 rings (SSSR count). The maximum absolute atomic E-state index is 11.4. The third-order valence-corrected chi connectivity index (χ3v) is 3.66. The molecule has 0 aliphatic carbocycles. The lowest BCUT2D eigenvalue weighted by molar-refractivity contribution is -0.134. The average Bonchev–Trinajstić information content (AvgIpc) is 2.17. The zero-order valence-corrected chi connectivity index (χ0v) is 8.50. The minimum absolute atomic E-state index is 0.142. The summed E-state index contributed by atoms with van der Waals surface area (Å²) in [6.45, 7) is 4.00. The normalized spacial score (nSPS) is 30.8. The molecule has 1 atom stereocenters. The van der Waals surface area contributed by atoms with Gasteiger partial charge < -0.3 is 9.53 Å². The van der Waals surface area contributed by atoms with Crippen LogP contribution in [0, 0.1) is 0 Å². The molecule has 0 spiro atoms. The number of ether oxygens (including phenoxy) is 1. The SMILES string of the molecule is C=CC(=O)C1([SiH2]O)CCCCO1. The van der Waals surface area contributed by atoms with Gasteiger partial charge in [-0.05, 0) is 25.3 Å². The lowest BCUT2D eigenvalue weighted by Crippen LogP contribution is -2.48. The lowest BCUT2D eigenvalue weighted by Gasteiger charge is -2.32. The molecular weight excluding hydrogens is 172 g/mol. The summed E-state index contributed by atoms with van der Waals surface area (Å²) in [5.74, 6) is -0.142. The quantitative estimate of drug-likeness (QED) is 0.487. The van der Waals surface area contributed by atoms with E-state index in [9.17, 15) is 9.59 Å². The van der Waals surface area contributed by atoms with Crippen molar-refractivity contribution < 1.29 is 14.3 Å². The zero-order valence-electron chi connectivity index (χ0n) is 7.08. The van der Waals surface area contributed by atoms with Crippen LogP contribution in [0.25, 0.3) is 0 Å². The summed E-state index contributed by atoms with van der Waals surface area (Å²) in [6, 6.07) is 0. The zero-order chi connectivity index (χ0) is 9.03. The molecule has 1 heterocycles. The molecular formula is C8H14O3Si. The molecule has 0 aromatic heterocycles. The Bertz CT molecular complexity index is 185. The third-order valence-electron chi connectivity index (χ3n) is 2.24. The predicted molar refractivity (Wildman–Crippen MR) is 48.5 cm³/mol. The van der Waals surface area contributed by atoms with Crippen molar-refractivity contribution >= 4 is 15.5 Å². The van der Waals surface area contributed by atoms with E-state index in [1.807, 2.05) is 0 Å². The fourth-order valence-corrected chi connectivity index (χ4v) is 2.38. The highest BCUT2D eigenvalue weighted by Crippen LogP contribution is 2.24. The van der Waals surface area contributed by atoms with Crippen LogP contribution in [0.3, 0.4) is 0 Å². The van der Waals surface area contributed by atoms with E-state index in [1.165, 1.54) is 6.08 Å². The monoisotopic (exact) mass is 186 g/mol. The Labute approximate surface area is 74.4 Å². The Balaban J connectivity index is 2.72. The van der Waals surface area contributed by atoms with Crippen LogP contribution in [-0.4, -0.2) is 32.2 Å². The molecule has 0 aromatic carbocycles. The van der Waals surface area contributed by atoms with Crippen LogP contribution in [0.15, 0.2) is 12.7 Å². The van der Waals surface area contributed by atoms with Gasteiger partial charge in [0, 0.05) is 6.61 Å². The Morgan fingerprint density at radius 1 is 1.67 bits per heavy atom. The van der Waals surface area contributed by atoms with E-state index in [1.54, 1.807) is 0 Å². The Kier molecular flexibility index (Phi) is 3.19. The van der Waals surface area contributed by atoms with Gasteiger partial charge in [-0.15, -0.1) is 0 Å². The second-order valence-electron chi connectivity index (χ2n) is 3.03. The van der Waals surface area contributed by atoms with Gasteiger partial charge >= 0.3 is 0 Å². The van der Waals surface area contributed by atoms with Gasteiger partial charge in [0.1, 0.15) is 5.22 Å². The van der Waals surface area contributed by atoms with Crippen LogP contribution >= 0.6 is 0 Å². The topological polar surface area (TPSA) is 46.5 Å². The van der Waals surface area contributed by atoms with E-state index in [2.05, 4.69) is 6.58 Å². The van der Waals surface area contributed by atoms with E-state index in [0.717, 1.165) is 12.8 Å². The summed E-state index contributed by atoms with van der Waals surface area (Å²) in [5.41, 5.74) is 0. The van der Waals surface area contributed by atoms with Crippen molar-refractivity contribution in [3.8, 4) is 0 Å². The van der Waals surface area contributed by atoms with Crippen molar-refractivity contribution in [2.45, 2.75) is 24.5 Å². The van der Waals surface area contributed by atoms with E-state index in [4.69, 9.17) is 4.74 Å². The highest BCUT2D eigenvalue weighted by molar-refractivity contribution is 6.40. The first kappa shape index (κ1) is 9.63. The predicted octanol–water partition coefficient (Wildman–Crippen LogP) is -0.286. The van der Waals surface area contributed by atoms with Gasteiger partial charge in [0.15, 0.2) is 15.5 Å². The van der Waals surface area contributed by atoms with Gasteiger partial charge in [-0.2, -0.15) is 0 Å². The van der Waals surface area contributed by atoms with Gasteiger partial charge in [-0.1, -0.05) is 6.58 Å². The Morgan fingerprint density at radius 3 is 2.83 bits per heavy atom. The van der Waals surface area contributed by atoms with Gasteiger partial charge in [0.2, 0.25) is 0 Å². The number of rotatable bonds is 3. The molecule has 4 heteroatoms. The van der Waals surface area contributed by atoms with Crippen LogP contribution in [0.2, 0.25) is 0 Å². The number of hydrogen-bond acceptors (Lipinski definition) is 3. The average molecular weight is 186 g/mol. The molecule has 1 fully saturated rings. The maximum atomic E-state index is 11.4. The molecule has 1 aliphatic rings. The standard InChI is InChI=1S/C8H14O3Si/c1-2-7(9)8(12-10)5-3-4-6-11-8/h2,10H,1,3-6,12H2. The summed E-state index contributed by atoms with van der Waals surface area (Å²) in [6.07, 6.45) is 3.88. The molecule has 1 N–H and O–H groups in total. The summed E-state index contributed by atoms with van der Waals surface area (Å²) >= 11 is 0. The van der Waals surface area contributed by atoms with Gasteiger partial charge in [0.05, 0.1) is 0 Å². The van der Waals surface area contributed by atoms with Crippen LogP contribution in [0.1, 0.15) is 19.3 Å². The van der Waals surface area contributed by atoms with Crippen LogP contribution in [0.5, 0.6) is 0 Å². The number of carbonyl (C=O) groups excluding carboxylic acids is 1. The largest absolute Gasteiger partial charge is 0.435 e. The van der Waals surface area contributed by atoms with Gasteiger partial charge in [0.25, 0.3) is 0 Å². The number of hydrogen-bond donors (Lipinski definition) is 1. The minimum Gasteiger partial charge on any atom is -0.435 e. The highest BCUT2D eigenvalue weighted by atomic mass is 28.2. The molecule has 0 amide bonds. The van der Waals surface area contributed by atoms with Crippen molar-refractivity contribution in [3.05, 3.63) is 12.7 Å². The summed E-state index contributed by atoms with van der Waals surface area (Å²) in [4.78, 5) is 20.5. The van der Waals surface area contributed by atoms with E-state index < -0.39 is 15.0 Å². The smallest absolute Gasteiger partial charge is 0.199 e. The first-order valence-corrected chi connectivity index (χ1v) is 5.51. The van der Waals surface area contributed by atoms with E-state index >= 15 is 0 Å². The molecule has 1 aliphatic heterocycles. The van der Waals surface area contributed by atoms with Crippen LogP contribution < -0.4 is 0 Å². The summed E-state index contributed by atoms with van der Waals surface area (Å²) in [5, 5.41) is -0.833. The summed E-state index contributed by atoms with van der Waals surface area (Å²) in [7, 11) is -1.44. The molecule has 68 valence electrons. The second-order valence-corrected chi connectivity index (χ2v) is 4.48. The number of carbonyl (C=O) groups is 1. The van der Waals surface area contributed by atoms with E-state index in [0.29, 0.717) is 13.0 Å². The van der Waals surface area contributed by atoms with Crippen LogP contribution in [-0.2, 0) is 9.53 Å². The first-order valence-electron chi connectivity index (χ1n) is 4.17. The molecule has 0 bridgehead atoms. The van der Waals surface area contributed by atoms with Crippen molar-refractivity contribution in [1.82, 2.24) is 0 Å². The fraction of sp³-hybridized carbons (Fsp3) is 0.625. The summed E-state index contributed by atoms with van der Waals surface area (Å²) < 4.78 is 5.36. The lowest BCUT2D eigenvalue weighted by atomic mass is 10.0. The third kappa shape index (κ3) is 1.65. The molecule has 1 unspecified atom stereocenters. The molecule has 1 saturated heterocycles. The highest BCUT2D eigenvalue weighted by Gasteiger charge is 2.38. The molecule has 0 radical (unpaired) electrons. The van der Waals surface area contributed by atoms with Gasteiger partial charge in [-0.25, -0.2) is 0 Å². The molecule has 12 heavy (non-hydrogen) atoms. The second kappa shape index (κ2) is 3.98. The first-order chi connectivity index (χ1) is 5.75. The molecule has 3 nitrogen and oxygen atoms in total. The van der Waals surface area contributed by atoms with Crippen molar-refractivity contribution in [2.75, 3.05) is 6.61 Å². The van der Waals surface area contributed by atoms with Crippen molar-refractivity contribution in [2.24, 2.45) is 0 Å². The van der Waals surface area contributed by atoms with Crippen molar-refractivity contribution in [3.63, 3.8) is 0 Å².